The van der Waals surface area contributed by atoms with Crippen LogP contribution in [0, 0.1) is 12.7 Å². The monoisotopic (exact) mass is 334 g/mol. The molecule has 1 aliphatic heterocycles. The molecular weight excluding hydrogens is 315 g/mol. The van der Waals surface area contributed by atoms with Gasteiger partial charge in [-0.15, -0.1) is 0 Å². The van der Waals surface area contributed by atoms with Crippen LogP contribution in [0.2, 0.25) is 5.02 Å². The minimum Gasteiger partial charge on any atom is -0.367 e. The SMILES string of the molecule is CCc1cc(N2CCN(c3ccc(F)cc3Cl)CC2)nc(C)n1. The maximum absolute atomic E-state index is 13.2. The highest BCUT2D eigenvalue weighted by Gasteiger charge is 2.20. The Balaban J connectivity index is 1.72. The quantitative estimate of drug-likeness (QED) is 0.860. The van der Waals surface area contributed by atoms with Crippen LogP contribution < -0.4 is 9.80 Å². The summed E-state index contributed by atoms with van der Waals surface area (Å²) in [6.07, 6.45) is 0.904. The van der Waals surface area contributed by atoms with E-state index in [2.05, 4.69) is 32.8 Å². The number of hydrogen-bond donors (Lipinski definition) is 0. The van der Waals surface area contributed by atoms with E-state index < -0.39 is 0 Å². The van der Waals surface area contributed by atoms with E-state index in [1.165, 1.54) is 12.1 Å². The van der Waals surface area contributed by atoms with Crippen molar-refractivity contribution in [2.75, 3.05) is 36.0 Å². The van der Waals surface area contributed by atoms with Crippen LogP contribution in [0.25, 0.3) is 0 Å². The van der Waals surface area contributed by atoms with Crippen LogP contribution in [0.3, 0.4) is 0 Å². The molecule has 0 amide bonds. The molecule has 2 heterocycles. The fraction of sp³-hybridized carbons (Fsp3) is 0.412. The van der Waals surface area contributed by atoms with E-state index in [0.29, 0.717) is 5.02 Å². The molecule has 0 spiro atoms. The lowest BCUT2D eigenvalue weighted by atomic mass is 10.2. The summed E-state index contributed by atoms with van der Waals surface area (Å²) in [6, 6.07) is 6.63. The maximum Gasteiger partial charge on any atom is 0.132 e. The lowest BCUT2D eigenvalue weighted by Gasteiger charge is -2.37. The zero-order valence-corrected chi connectivity index (χ0v) is 14.1. The summed E-state index contributed by atoms with van der Waals surface area (Å²) in [5.74, 6) is 1.49. The molecule has 1 aromatic carbocycles. The molecule has 0 unspecified atom stereocenters. The van der Waals surface area contributed by atoms with E-state index in [1.807, 2.05) is 6.92 Å². The van der Waals surface area contributed by atoms with Gasteiger partial charge in [0.1, 0.15) is 17.5 Å². The second-order valence-corrected chi connectivity index (χ2v) is 6.10. The molecule has 1 fully saturated rings. The number of aromatic nitrogens is 2. The van der Waals surface area contributed by atoms with Crippen molar-refractivity contribution in [3.05, 3.63) is 46.6 Å². The Morgan fingerprint density at radius 3 is 2.43 bits per heavy atom. The molecule has 0 aliphatic carbocycles. The lowest BCUT2D eigenvalue weighted by Crippen LogP contribution is -2.47. The van der Waals surface area contributed by atoms with Gasteiger partial charge < -0.3 is 9.80 Å². The summed E-state index contributed by atoms with van der Waals surface area (Å²) >= 11 is 6.16. The second-order valence-electron chi connectivity index (χ2n) is 5.69. The van der Waals surface area contributed by atoms with Crippen LogP contribution in [0.4, 0.5) is 15.9 Å². The number of hydrogen-bond acceptors (Lipinski definition) is 4. The van der Waals surface area contributed by atoms with Gasteiger partial charge in [0, 0.05) is 37.9 Å². The Morgan fingerprint density at radius 1 is 1.09 bits per heavy atom. The van der Waals surface area contributed by atoms with Crippen molar-refractivity contribution in [3.63, 3.8) is 0 Å². The minimum atomic E-state index is -0.305. The molecule has 122 valence electrons. The molecule has 1 aromatic heterocycles. The number of anilines is 2. The Bertz CT molecular complexity index is 699. The molecule has 3 rings (SSSR count). The number of aryl methyl sites for hydroxylation is 2. The topological polar surface area (TPSA) is 32.3 Å². The summed E-state index contributed by atoms with van der Waals surface area (Å²) in [7, 11) is 0. The van der Waals surface area contributed by atoms with Gasteiger partial charge in [-0.05, 0) is 31.5 Å². The van der Waals surface area contributed by atoms with Gasteiger partial charge in [-0.3, -0.25) is 0 Å². The second kappa shape index (κ2) is 6.71. The highest BCUT2D eigenvalue weighted by atomic mass is 35.5. The first-order valence-electron chi connectivity index (χ1n) is 7.86. The van der Waals surface area contributed by atoms with Crippen LogP contribution >= 0.6 is 11.6 Å². The summed E-state index contributed by atoms with van der Waals surface area (Å²) in [4.78, 5) is 13.4. The lowest BCUT2D eigenvalue weighted by molar-refractivity contribution is 0.624. The third-order valence-electron chi connectivity index (χ3n) is 4.09. The van der Waals surface area contributed by atoms with Gasteiger partial charge in [-0.2, -0.15) is 0 Å². The van der Waals surface area contributed by atoms with Gasteiger partial charge >= 0.3 is 0 Å². The summed E-state index contributed by atoms with van der Waals surface area (Å²) in [5, 5.41) is 0.463. The number of piperazine rings is 1. The fourth-order valence-electron chi connectivity index (χ4n) is 2.87. The summed E-state index contributed by atoms with van der Waals surface area (Å²) < 4.78 is 13.2. The maximum atomic E-state index is 13.2. The van der Waals surface area contributed by atoms with Crippen molar-refractivity contribution in [3.8, 4) is 0 Å². The van der Waals surface area contributed by atoms with Crippen LogP contribution in [0.1, 0.15) is 18.4 Å². The van der Waals surface area contributed by atoms with Gasteiger partial charge in [0.05, 0.1) is 10.7 Å². The van der Waals surface area contributed by atoms with E-state index in [0.717, 1.165) is 55.6 Å². The molecule has 0 saturated carbocycles. The van der Waals surface area contributed by atoms with Gasteiger partial charge in [-0.1, -0.05) is 18.5 Å². The largest absolute Gasteiger partial charge is 0.367 e. The van der Waals surface area contributed by atoms with E-state index >= 15 is 0 Å². The molecule has 0 atom stereocenters. The number of benzene rings is 1. The van der Waals surface area contributed by atoms with Gasteiger partial charge in [0.15, 0.2) is 0 Å². The van der Waals surface area contributed by atoms with Crippen LogP contribution in [0.5, 0.6) is 0 Å². The Kier molecular flexibility index (Phi) is 4.66. The van der Waals surface area contributed by atoms with E-state index in [9.17, 15) is 4.39 Å². The third kappa shape index (κ3) is 3.55. The average molecular weight is 335 g/mol. The zero-order valence-electron chi connectivity index (χ0n) is 13.4. The molecular formula is C17H20ClFN4. The van der Waals surface area contributed by atoms with Crippen molar-refractivity contribution in [2.45, 2.75) is 20.3 Å². The molecule has 6 heteroatoms. The first-order valence-corrected chi connectivity index (χ1v) is 8.24. The van der Waals surface area contributed by atoms with Crippen molar-refractivity contribution in [2.24, 2.45) is 0 Å². The molecule has 0 radical (unpaired) electrons. The molecule has 1 aliphatic rings. The first-order chi connectivity index (χ1) is 11.1. The molecule has 0 bridgehead atoms. The van der Waals surface area contributed by atoms with E-state index in [4.69, 9.17) is 11.6 Å². The molecule has 4 nitrogen and oxygen atoms in total. The standard InChI is InChI=1S/C17H20ClFN4/c1-3-14-11-17(21-12(2)20-14)23-8-6-22(7-9-23)16-5-4-13(19)10-15(16)18/h4-5,10-11H,3,6-9H2,1-2H3. The Morgan fingerprint density at radius 2 is 1.78 bits per heavy atom. The molecule has 23 heavy (non-hydrogen) atoms. The first kappa shape index (κ1) is 16.0. The number of halogens is 2. The van der Waals surface area contributed by atoms with Gasteiger partial charge in [-0.25, -0.2) is 14.4 Å². The van der Waals surface area contributed by atoms with E-state index in [1.54, 1.807) is 6.07 Å². The molecule has 1 saturated heterocycles. The highest BCUT2D eigenvalue weighted by molar-refractivity contribution is 6.33. The van der Waals surface area contributed by atoms with Crippen molar-refractivity contribution < 1.29 is 4.39 Å². The van der Waals surface area contributed by atoms with Crippen molar-refractivity contribution in [1.82, 2.24) is 9.97 Å². The van der Waals surface area contributed by atoms with Crippen molar-refractivity contribution >= 4 is 23.1 Å². The summed E-state index contributed by atoms with van der Waals surface area (Å²) in [6.45, 7) is 7.39. The highest BCUT2D eigenvalue weighted by Crippen LogP contribution is 2.28. The van der Waals surface area contributed by atoms with Crippen LogP contribution in [-0.4, -0.2) is 36.1 Å². The zero-order chi connectivity index (χ0) is 16.4. The number of nitrogens with zero attached hydrogens (tertiary/aromatic N) is 4. The minimum absolute atomic E-state index is 0.305. The van der Waals surface area contributed by atoms with Crippen molar-refractivity contribution in [1.29, 1.82) is 0 Å². The normalized spacial score (nSPS) is 15.1. The fourth-order valence-corrected chi connectivity index (χ4v) is 3.16. The molecule has 2 aromatic rings. The van der Waals surface area contributed by atoms with Gasteiger partial charge in [0.25, 0.3) is 0 Å². The predicted molar refractivity (Wildman–Crippen MR) is 92.0 cm³/mol. The Labute approximate surface area is 140 Å². The van der Waals surface area contributed by atoms with Gasteiger partial charge in [0.2, 0.25) is 0 Å². The average Bonchev–Trinajstić information content (AvgIpc) is 2.54. The Hall–Kier alpha value is -1.88. The third-order valence-corrected chi connectivity index (χ3v) is 4.40. The smallest absolute Gasteiger partial charge is 0.132 e. The predicted octanol–water partition coefficient (Wildman–Crippen LogP) is 3.47. The van der Waals surface area contributed by atoms with Crippen LogP contribution in [-0.2, 0) is 6.42 Å². The number of rotatable bonds is 3. The van der Waals surface area contributed by atoms with E-state index in [-0.39, 0.29) is 5.82 Å². The summed E-state index contributed by atoms with van der Waals surface area (Å²) in [5.41, 5.74) is 1.96. The molecule has 0 N–H and O–H groups in total. The van der Waals surface area contributed by atoms with Crippen LogP contribution in [0.15, 0.2) is 24.3 Å².